The Labute approximate surface area is 152 Å². The molecule has 0 saturated carbocycles. The van der Waals surface area contributed by atoms with Gasteiger partial charge in [-0.05, 0) is 30.5 Å². The lowest BCUT2D eigenvalue weighted by atomic mass is 10.1. The van der Waals surface area contributed by atoms with Crippen LogP contribution < -0.4 is 0 Å². The molecule has 0 unspecified atom stereocenters. The van der Waals surface area contributed by atoms with Gasteiger partial charge in [-0.2, -0.15) is 5.10 Å². The fourth-order valence-corrected chi connectivity index (χ4v) is 2.88. The number of halogens is 1. The molecule has 0 fully saturated rings. The molecule has 0 radical (unpaired) electrons. The highest BCUT2D eigenvalue weighted by molar-refractivity contribution is 6.30. The van der Waals surface area contributed by atoms with Crippen molar-refractivity contribution < 1.29 is 4.79 Å². The van der Waals surface area contributed by atoms with Crippen molar-refractivity contribution >= 4 is 17.5 Å². The molecular formula is C20H20ClN3O. The zero-order valence-corrected chi connectivity index (χ0v) is 14.8. The van der Waals surface area contributed by atoms with Crippen LogP contribution in [0.15, 0.2) is 60.8 Å². The number of aromatic amines is 1. The maximum atomic E-state index is 12.7. The van der Waals surface area contributed by atoms with Crippen molar-refractivity contribution in [1.82, 2.24) is 15.1 Å². The van der Waals surface area contributed by atoms with E-state index in [1.54, 1.807) is 23.2 Å². The quantitative estimate of drug-likeness (QED) is 0.712. The molecule has 3 aromatic rings. The first-order chi connectivity index (χ1) is 12.1. The van der Waals surface area contributed by atoms with Crippen LogP contribution in [0.4, 0.5) is 0 Å². The first kappa shape index (κ1) is 17.2. The van der Waals surface area contributed by atoms with Crippen molar-refractivity contribution in [3.8, 4) is 11.3 Å². The molecule has 0 spiro atoms. The summed E-state index contributed by atoms with van der Waals surface area (Å²) < 4.78 is 0. The van der Waals surface area contributed by atoms with E-state index in [-0.39, 0.29) is 5.91 Å². The number of nitrogens with one attached hydrogen (secondary N) is 1. The average Bonchev–Trinajstić information content (AvgIpc) is 3.12. The number of rotatable bonds is 6. The second-order valence-corrected chi connectivity index (χ2v) is 6.42. The number of hydrogen-bond donors (Lipinski definition) is 1. The Kier molecular flexibility index (Phi) is 5.51. The van der Waals surface area contributed by atoms with Crippen LogP contribution in [0.5, 0.6) is 0 Å². The Morgan fingerprint density at radius 2 is 1.84 bits per heavy atom. The Morgan fingerprint density at radius 1 is 1.12 bits per heavy atom. The molecule has 0 aliphatic carbocycles. The molecular weight excluding hydrogens is 334 g/mol. The largest absolute Gasteiger partial charge is 0.342 e. The van der Waals surface area contributed by atoms with Gasteiger partial charge in [0, 0.05) is 24.2 Å². The van der Waals surface area contributed by atoms with Crippen LogP contribution in [-0.2, 0) is 6.42 Å². The van der Waals surface area contributed by atoms with E-state index in [0.717, 1.165) is 24.1 Å². The highest BCUT2D eigenvalue weighted by Gasteiger charge is 2.18. The van der Waals surface area contributed by atoms with E-state index in [1.807, 2.05) is 37.4 Å². The molecule has 0 aliphatic rings. The molecule has 2 aromatic carbocycles. The van der Waals surface area contributed by atoms with Gasteiger partial charge in [0.1, 0.15) is 0 Å². The molecule has 1 amide bonds. The molecule has 3 rings (SSSR count). The van der Waals surface area contributed by atoms with Crippen LogP contribution >= 0.6 is 11.6 Å². The predicted molar refractivity (Wildman–Crippen MR) is 101 cm³/mol. The number of nitrogens with zero attached hydrogens (tertiary/aromatic N) is 2. The van der Waals surface area contributed by atoms with Crippen LogP contribution in [-0.4, -0.2) is 34.6 Å². The summed E-state index contributed by atoms with van der Waals surface area (Å²) in [5, 5.41) is 7.63. The molecule has 1 heterocycles. The highest BCUT2D eigenvalue weighted by Crippen LogP contribution is 2.23. The van der Waals surface area contributed by atoms with Gasteiger partial charge in [0.2, 0.25) is 0 Å². The van der Waals surface area contributed by atoms with Crippen LogP contribution in [0.25, 0.3) is 11.3 Å². The number of aryl methyl sites for hydroxylation is 1. The molecule has 5 heteroatoms. The topological polar surface area (TPSA) is 49.0 Å². The number of benzene rings is 2. The van der Waals surface area contributed by atoms with E-state index in [4.69, 9.17) is 11.6 Å². The summed E-state index contributed by atoms with van der Waals surface area (Å²) in [4.78, 5) is 14.5. The summed E-state index contributed by atoms with van der Waals surface area (Å²) in [6, 6.07) is 17.7. The minimum Gasteiger partial charge on any atom is -0.342 e. The van der Waals surface area contributed by atoms with Gasteiger partial charge in [0.05, 0.1) is 17.5 Å². The Hall–Kier alpha value is -2.59. The van der Waals surface area contributed by atoms with Crippen molar-refractivity contribution in [2.75, 3.05) is 13.6 Å². The van der Waals surface area contributed by atoms with Gasteiger partial charge in [-0.3, -0.25) is 9.89 Å². The number of hydrogen-bond acceptors (Lipinski definition) is 2. The third kappa shape index (κ3) is 4.28. The maximum Gasteiger partial charge on any atom is 0.257 e. The first-order valence-corrected chi connectivity index (χ1v) is 8.61. The van der Waals surface area contributed by atoms with Crippen molar-refractivity contribution in [2.45, 2.75) is 12.8 Å². The number of H-pyrrole nitrogens is 1. The summed E-state index contributed by atoms with van der Waals surface area (Å²) >= 11 is 5.93. The van der Waals surface area contributed by atoms with E-state index < -0.39 is 0 Å². The lowest BCUT2D eigenvalue weighted by Gasteiger charge is -2.17. The van der Waals surface area contributed by atoms with Gasteiger partial charge in [-0.1, -0.05) is 54.1 Å². The SMILES string of the molecule is CN(CCCc1ccccc1)C(=O)c1cn[nH]c1-c1ccc(Cl)cc1. The first-order valence-electron chi connectivity index (χ1n) is 8.24. The molecule has 1 N–H and O–H groups in total. The zero-order valence-electron chi connectivity index (χ0n) is 14.1. The fourth-order valence-electron chi connectivity index (χ4n) is 2.76. The summed E-state index contributed by atoms with van der Waals surface area (Å²) in [7, 11) is 1.83. The monoisotopic (exact) mass is 353 g/mol. The molecule has 25 heavy (non-hydrogen) atoms. The molecule has 0 bridgehead atoms. The molecule has 128 valence electrons. The minimum absolute atomic E-state index is 0.0354. The minimum atomic E-state index is -0.0354. The van der Waals surface area contributed by atoms with Gasteiger partial charge in [-0.15, -0.1) is 0 Å². The van der Waals surface area contributed by atoms with E-state index in [0.29, 0.717) is 17.1 Å². The third-order valence-electron chi connectivity index (χ3n) is 4.15. The van der Waals surface area contributed by atoms with E-state index in [1.165, 1.54) is 5.56 Å². The van der Waals surface area contributed by atoms with Crippen LogP contribution in [0.2, 0.25) is 5.02 Å². The van der Waals surface area contributed by atoms with Crippen LogP contribution in [0, 0.1) is 0 Å². The Bertz CT molecular complexity index is 828. The second-order valence-electron chi connectivity index (χ2n) is 5.98. The predicted octanol–water partition coefficient (Wildman–Crippen LogP) is 4.43. The fraction of sp³-hybridized carbons (Fsp3) is 0.200. The second kappa shape index (κ2) is 7.99. The zero-order chi connectivity index (χ0) is 17.6. The summed E-state index contributed by atoms with van der Waals surface area (Å²) in [5.74, 6) is -0.0354. The smallest absolute Gasteiger partial charge is 0.257 e. The van der Waals surface area contributed by atoms with Crippen LogP contribution in [0.1, 0.15) is 22.3 Å². The average molecular weight is 354 g/mol. The normalized spacial score (nSPS) is 10.6. The number of aromatic nitrogens is 2. The van der Waals surface area contributed by atoms with Crippen molar-refractivity contribution in [3.63, 3.8) is 0 Å². The summed E-state index contributed by atoms with van der Waals surface area (Å²) in [5.41, 5.74) is 3.47. The van der Waals surface area contributed by atoms with Crippen molar-refractivity contribution in [1.29, 1.82) is 0 Å². The standard InChI is InChI=1S/C20H20ClN3O/c1-24(13-5-8-15-6-3-2-4-7-15)20(25)18-14-22-23-19(18)16-9-11-17(21)12-10-16/h2-4,6-7,9-12,14H,5,8,13H2,1H3,(H,22,23). The number of carbonyl (C=O) groups is 1. The van der Waals surface area contributed by atoms with Crippen molar-refractivity contribution in [3.05, 3.63) is 76.9 Å². The summed E-state index contributed by atoms with van der Waals surface area (Å²) in [6.45, 7) is 0.693. The molecule has 4 nitrogen and oxygen atoms in total. The van der Waals surface area contributed by atoms with E-state index in [2.05, 4.69) is 22.3 Å². The van der Waals surface area contributed by atoms with Crippen molar-refractivity contribution in [2.24, 2.45) is 0 Å². The molecule has 0 aliphatic heterocycles. The van der Waals surface area contributed by atoms with Gasteiger partial charge in [0.25, 0.3) is 5.91 Å². The van der Waals surface area contributed by atoms with E-state index >= 15 is 0 Å². The number of amides is 1. The number of carbonyl (C=O) groups excluding carboxylic acids is 1. The van der Waals surface area contributed by atoms with Gasteiger partial charge in [-0.25, -0.2) is 0 Å². The van der Waals surface area contributed by atoms with Gasteiger partial charge < -0.3 is 4.90 Å². The molecule has 0 saturated heterocycles. The Balaban J connectivity index is 1.65. The molecule has 1 aromatic heterocycles. The van der Waals surface area contributed by atoms with Gasteiger partial charge in [0.15, 0.2) is 0 Å². The summed E-state index contributed by atoms with van der Waals surface area (Å²) in [6.07, 6.45) is 3.45. The van der Waals surface area contributed by atoms with Gasteiger partial charge >= 0.3 is 0 Å². The lowest BCUT2D eigenvalue weighted by molar-refractivity contribution is 0.0794. The highest BCUT2D eigenvalue weighted by atomic mass is 35.5. The maximum absolute atomic E-state index is 12.7. The lowest BCUT2D eigenvalue weighted by Crippen LogP contribution is -2.28. The van der Waals surface area contributed by atoms with Crippen LogP contribution in [0.3, 0.4) is 0 Å². The van der Waals surface area contributed by atoms with E-state index in [9.17, 15) is 4.79 Å². The Morgan fingerprint density at radius 3 is 2.56 bits per heavy atom. The third-order valence-corrected chi connectivity index (χ3v) is 4.40. The molecule has 0 atom stereocenters.